The van der Waals surface area contributed by atoms with E-state index in [1.54, 1.807) is 4.31 Å². The molecule has 1 aromatic rings. The van der Waals surface area contributed by atoms with E-state index >= 15 is 0 Å². The number of benzene rings is 1. The third kappa shape index (κ3) is 4.44. The topological polar surface area (TPSA) is 37.4 Å². The SMILES string of the molecule is CCCC1CCCCN1S(=O)(=O)Cc1ccc(CCl)cc1. The second-order valence-electron chi connectivity index (χ2n) is 5.76. The number of hydrogen-bond donors (Lipinski definition) is 0. The van der Waals surface area contributed by atoms with E-state index in [0.717, 1.165) is 43.2 Å². The van der Waals surface area contributed by atoms with Crippen LogP contribution in [0.15, 0.2) is 24.3 Å². The van der Waals surface area contributed by atoms with E-state index in [-0.39, 0.29) is 11.8 Å². The van der Waals surface area contributed by atoms with Crippen molar-refractivity contribution in [3.8, 4) is 0 Å². The highest BCUT2D eigenvalue weighted by atomic mass is 35.5. The number of piperidine rings is 1. The molecule has 0 bridgehead atoms. The lowest BCUT2D eigenvalue weighted by molar-refractivity contribution is 0.239. The zero-order valence-electron chi connectivity index (χ0n) is 12.6. The molecular formula is C16H24ClNO2S. The molecule has 5 heteroatoms. The van der Waals surface area contributed by atoms with E-state index in [4.69, 9.17) is 11.6 Å². The number of rotatable bonds is 6. The molecule has 1 aromatic carbocycles. The summed E-state index contributed by atoms with van der Waals surface area (Å²) in [5.41, 5.74) is 1.85. The summed E-state index contributed by atoms with van der Waals surface area (Å²) in [5.74, 6) is 0.549. The summed E-state index contributed by atoms with van der Waals surface area (Å²) >= 11 is 5.76. The molecule has 1 aliphatic heterocycles. The van der Waals surface area contributed by atoms with E-state index in [0.29, 0.717) is 12.4 Å². The zero-order valence-corrected chi connectivity index (χ0v) is 14.2. The standard InChI is InChI=1S/C16H24ClNO2S/c1-2-5-16-6-3-4-11-18(16)21(19,20)13-15-9-7-14(12-17)8-10-15/h7-10,16H,2-6,11-13H2,1H3. The van der Waals surface area contributed by atoms with Crippen LogP contribution in [0.4, 0.5) is 0 Å². The molecule has 1 atom stereocenters. The Morgan fingerprint density at radius 3 is 2.48 bits per heavy atom. The fourth-order valence-corrected chi connectivity index (χ4v) is 5.01. The Kier molecular flexibility index (Phi) is 6.08. The van der Waals surface area contributed by atoms with Gasteiger partial charge in [-0.15, -0.1) is 11.6 Å². The maximum absolute atomic E-state index is 12.7. The van der Waals surface area contributed by atoms with Crippen molar-refractivity contribution >= 4 is 21.6 Å². The van der Waals surface area contributed by atoms with Crippen molar-refractivity contribution < 1.29 is 8.42 Å². The fourth-order valence-electron chi connectivity index (χ4n) is 2.98. The maximum atomic E-state index is 12.7. The van der Waals surface area contributed by atoms with Crippen LogP contribution < -0.4 is 0 Å². The largest absolute Gasteiger partial charge is 0.218 e. The van der Waals surface area contributed by atoms with Crippen molar-refractivity contribution in [1.82, 2.24) is 4.31 Å². The van der Waals surface area contributed by atoms with Gasteiger partial charge in [-0.2, -0.15) is 4.31 Å². The number of halogens is 1. The number of alkyl halides is 1. The minimum Gasteiger partial charge on any atom is -0.212 e. The minimum atomic E-state index is -3.23. The monoisotopic (exact) mass is 329 g/mol. The molecule has 1 fully saturated rings. The van der Waals surface area contributed by atoms with Crippen molar-refractivity contribution in [2.24, 2.45) is 0 Å². The predicted molar refractivity (Wildman–Crippen MR) is 87.9 cm³/mol. The van der Waals surface area contributed by atoms with E-state index in [1.165, 1.54) is 0 Å². The van der Waals surface area contributed by atoms with Gasteiger partial charge >= 0.3 is 0 Å². The maximum Gasteiger partial charge on any atom is 0.218 e. The lowest BCUT2D eigenvalue weighted by Gasteiger charge is -2.34. The van der Waals surface area contributed by atoms with Crippen LogP contribution in [0.2, 0.25) is 0 Å². The van der Waals surface area contributed by atoms with Gasteiger partial charge in [0.15, 0.2) is 0 Å². The lowest BCUT2D eigenvalue weighted by Crippen LogP contribution is -2.44. The number of hydrogen-bond acceptors (Lipinski definition) is 2. The zero-order chi connectivity index (χ0) is 15.3. The molecule has 1 unspecified atom stereocenters. The molecule has 0 spiro atoms. The molecule has 0 aliphatic carbocycles. The average Bonchev–Trinajstić information content (AvgIpc) is 2.48. The molecule has 0 aromatic heterocycles. The molecule has 21 heavy (non-hydrogen) atoms. The normalized spacial score (nSPS) is 20.6. The summed E-state index contributed by atoms with van der Waals surface area (Å²) < 4.78 is 27.1. The molecule has 0 amide bonds. The van der Waals surface area contributed by atoms with Crippen molar-refractivity contribution in [1.29, 1.82) is 0 Å². The molecule has 1 aliphatic rings. The number of sulfonamides is 1. The van der Waals surface area contributed by atoms with Crippen molar-refractivity contribution in [3.63, 3.8) is 0 Å². The predicted octanol–water partition coefficient (Wildman–Crippen LogP) is 3.91. The van der Waals surface area contributed by atoms with Gasteiger partial charge in [-0.05, 0) is 30.4 Å². The average molecular weight is 330 g/mol. The van der Waals surface area contributed by atoms with Crippen molar-refractivity contribution in [3.05, 3.63) is 35.4 Å². The third-order valence-electron chi connectivity index (χ3n) is 4.08. The summed E-state index contributed by atoms with van der Waals surface area (Å²) in [6.45, 7) is 2.79. The van der Waals surface area contributed by atoms with E-state index in [9.17, 15) is 8.42 Å². The minimum absolute atomic E-state index is 0.0930. The Labute approximate surface area is 133 Å². The van der Waals surface area contributed by atoms with Gasteiger partial charge in [0, 0.05) is 18.5 Å². The van der Waals surface area contributed by atoms with Crippen LogP contribution in [-0.2, 0) is 21.7 Å². The van der Waals surface area contributed by atoms with Gasteiger partial charge in [0.05, 0.1) is 5.75 Å². The Balaban J connectivity index is 2.11. The third-order valence-corrected chi connectivity index (χ3v) is 6.28. The molecule has 0 radical (unpaired) electrons. The van der Waals surface area contributed by atoms with Gasteiger partial charge in [0.2, 0.25) is 10.0 Å². The molecule has 0 saturated carbocycles. The van der Waals surface area contributed by atoms with Crippen molar-refractivity contribution in [2.75, 3.05) is 6.54 Å². The van der Waals surface area contributed by atoms with Crippen LogP contribution in [0.1, 0.15) is 50.2 Å². The van der Waals surface area contributed by atoms with Gasteiger partial charge in [-0.25, -0.2) is 8.42 Å². The van der Waals surface area contributed by atoms with Crippen molar-refractivity contribution in [2.45, 2.75) is 56.7 Å². The van der Waals surface area contributed by atoms with Gasteiger partial charge in [-0.3, -0.25) is 0 Å². The molecule has 3 nitrogen and oxygen atoms in total. The van der Waals surface area contributed by atoms with E-state index in [1.807, 2.05) is 24.3 Å². The van der Waals surface area contributed by atoms with E-state index in [2.05, 4.69) is 6.92 Å². The number of nitrogens with zero attached hydrogens (tertiary/aromatic N) is 1. The molecule has 118 valence electrons. The Morgan fingerprint density at radius 2 is 1.86 bits per heavy atom. The first kappa shape index (κ1) is 16.8. The second kappa shape index (κ2) is 7.61. The van der Waals surface area contributed by atoms with Crippen LogP contribution >= 0.6 is 11.6 Å². The highest BCUT2D eigenvalue weighted by molar-refractivity contribution is 7.88. The molecule has 0 N–H and O–H groups in total. The summed E-state index contributed by atoms with van der Waals surface area (Å²) in [4.78, 5) is 0. The molecule has 1 heterocycles. The van der Waals surface area contributed by atoms with Gasteiger partial charge in [0.25, 0.3) is 0 Å². The first-order chi connectivity index (χ1) is 10.1. The highest BCUT2D eigenvalue weighted by Crippen LogP contribution is 2.25. The van der Waals surface area contributed by atoms with Gasteiger partial charge in [-0.1, -0.05) is 44.0 Å². The summed E-state index contributed by atoms with van der Waals surface area (Å²) in [5, 5.41) is 0. The second-order valence-corrected chi connectivity index (χ2v) is 7.94. The van der Waals surface area contributed by atoms with Crippen LogP contribution in [0.5, 0.6) is 0 Å². The first-order valence-electron chi connectivity index (χ1n) is 7.70. The summed E-state index contributed by atoms with van der Waals surface area (Å²) in [7, 11) is -3.23. The van der Waals surface area contributed by atoms with Crippen LogP contribution in [0, 0.1) is 0 Å². The van der Waals surface area contributed by atoms with Crippen LogP contribution in [-0.4, -0.2) is 25.3 Å². The highest BCUT2D eigenvalue weighted by Gasteiger charge is 2.31. The van der Waals surface area contributed by atoms with Crippen LogP contribution in [0.25, 0.3) is 0 Å². The van der Waals surface area contributed by atoms with E-state index < -0.39 is 10.0 Å². The Hall–Kier alpha value is -0.580. The fraction of sp³-hybridized carbons (Fsp3) is 0.625. The smallest absolute Gasteiger partial charge is 0.212 e. The summed E-state index contributed by atoms with van der Waals surface area (Å²) in [6.07, 6.45) is 5.11. The summed E-state index contributed by atoms with van der Waals surface area (Å²) in [6, 6.07) is 7.73. The lowest BCUT2D eigenvalue weighted by atomic mass is 10.0. The molecule has 2 rings (SSSR count). The van der Waals surface area contributed by atoms with Gasteiger partial charge in [0.1, 0.15) is 0 Å². The van der Waals surface area contributed by atoms with Gasteiger partial charge < -0.3 is 0 Å². The Morgan fingerprint density at radius 1 is 1.19 bits per heavy atom. The van der Waals surface area contributed by atoms with Crippen LogP contribution in [0.3, 0.4) is 0 Å². The molecular weight excluding hydrogens is 306 g/mol. The Bertz CT molecular complexity index is 540. The quantitative estimate of drug-likeness (QED) is 0.742. The molecule has 1 saturated heterocycles. The first-order valence-corrected chi connectivity index (χ1v) is 9.84.